The van der Waals surface area contributed by atoms with Gasteiger partial charge < -0.3 is 5.32 Å². The van der Waals surface area contributed by atoms with E-state index in [-0.39, 0.29) is 5.91 Å². The Hall–Kier alpha value is -2.62. The predicted octanol–water partition coefficient (Wildman–Crippen LogP) is 4.79. The lowest BCUT2D eigenvalue weighted by Gasteiger charge is -2.23. The van der Waals surface area contributed by atoms with Gasteiger partial charge in [-0.25, -0.2) is 4.68 Å². The molecule has 4 heteroatoms. The van der Waals surface area contributed by atoms with Gasteiger partial charge in [0.05, 0.1) is 12.2 Å². The Bertz CT molecular complexity index is 862. The van der Waals surface area contributed by atoms with Crippen LogP contribution in [0.4, 0.5) is 5.82 Å². The lowest BCUT2D eigenvalue weighted by atomic mass is 9.96. The molecule has 1 aliphatic carbocycles. The Labute approximate surface area is 141 Å². The van der Waals surface area contributed by atoms with Crippen LogP contribution in [0.25, 0.3) is 10.8 Å². The fraction of sp³-hybridized carbons (Fsp3) is 0.300. The van der Waals surface area contributed by atoms with Crippen molar-refractivity contribution in [3.05, 3.63) is 60.3 Å². The average molecular weight is 319 g/mol. The molecule has 1 heterocycles. The number of benzene rings is 2. The molecule has 0 bridgehead atoms. The summed E-state index contributed by atoms with van der Waals surface area (Å²) in [6.07, 6.45) is 7.83. The van der Waals surface area contributed by atoms with Gasteiger partial charge in [0.1, 0.15) is 5.82 Å². The number of nitrogens with zero attached hydrogens (tertiary/aromatic N) is 2. The van der Waals surface area contributed by atoms with Crippen molar-refractivity contribution in [1.29, 1.82) is 0 Å². The van der Waals surface area contributed by atoms with Crippen LogP contribution in [0, 0.1) is 0 Å². The van der Waals surface area contributed by atoms with Crippen LogP contribution in [0.2, 0.25) is 0 Å². The van der Waals surface area contributed by atoms with Gasteiger partial charge in [0.2, 0.25) is 0 Å². The molecule has 1 N–H and O–H groups in total. The van der Waals surface area contributed by atoms with E-state index in [0.717, 1.165) is 29.4 Å². The number of nitrogens with one attached hydrogen (secondary N) is 1. The van der Waals surface area contributed by atoms with E-state index < -0.39 is 0 Å². The first kappa shape index (κ1) is 14.9. The molecule has 122 valence electrons. The lowest BCUT2D eigenvalue weighted by Crippen LogP contribution is -2.20. The minimum atomic E-state index is -0.0849. The van der Waals surface area contributed by atoms with E-state index in [4.69, 9.17) is 0 Å². The number of carbonyl (C=O) groups is 1. The Morgan fingerprint density at radius 3 is 2.62 bits per heavy atom. The lowest BCUT2D eigenvalue weighted by molar-refractivity contribution is 0.102. The summed E-state index contributed by atoms with van der Waals surface area (Å²) >= 11 is 0. The molecule has 3 aromatic rings. The van der Waals surface area contributed by atoms with Crippen LogP contribution in [0.3, 0.4) is 0 Å². The van der Waals surface area contributed by atoms with Gasteiger partial charge in [-0.15, -0.1) is 0 Å². The second kappa shape index (κ2) is 6.48. The summed E-state index contributed by atoms with van der Waals surface area (Å²) in [6.45, 7) is 0. The number of anilines is 1. The number of fused-ring (bicyclic) bond motifs is 1. The second-order valence-corrected chi connectivity index (χ2v) is 6.47. The SMILES string of the molecule is O=C(Nc1ccnn1C1CCCCC1)c1ccc2ccccc2c1. The van der Waals surface area contributed by atoms with Gasteiger partial charge in [-0.1, -0.05) is 49.6 Å². The molecule has 1 saturated carbocycles. The predicted molar refractivity (Wildman–Crippen MR) is 96.3 cm³/mol. The van der Waals surface area contributed by atoms with Crippen molar-refractivity contribution in [2.75, 3.05) is 5.32 Å². The average Bonchev–Trinajstić information content (AvgIpc) is 3.10. The largest absolute Gasteiger partial charge is 0.307 e. The number of carbonyl (C=O) groups excluding carboxylic acids is 1. The molecule has 0 radical (unpaired) electrons. The number of rotatable bonds is 3. The molecule has 4 nitrogen and oxygen atoms in total. The van der Waals surface area contributed by atoms with Crippen molar-refractivity contribution in [1.82, 2.24) is 9.78 Å². The molecule has 24 heavy (non-hydrogen) atoms. The monoisotopic (exact) mass is 319 g/mol. The van der Waals surface area contributed by atoms with Gasteiger partial charge >= 0.3 is 0 Å². The molecule has 1 aromatic heterocycles. The highest BCUT2D eigenvalue weighted by Crippen LogP contribution is 2.30. The highest BCUT2D eigenvalue weighted by Gasteiger charge is 2.19. The summed E-state index contributed by atoms with van der Waals surface area (Å²) in [7, 11) is 0. The van der Waals surface area contributed by atoms with Crippen molar-refractivity contribution < 1.29 is 4.79 Å². The molecule has 2 aromatic carbocycles. The van der Waals surface area contributed by atoms with Gasteiger partial charge in [0.25, 0.3) is 5.91 Å². The molecular formula is C20H21N3O. The van der Waals surface area contributed by atoms with Crippen molar-refractivity contribution in [3.63, 3.8) is 0 Å². The van der Waals surface area contributed by atoms with Gasteiger partial charge in [0.15, 0.2) is 0 Å². The smallest absolute Gasteiger partial charge is 0.256 e. The summed E-state index contributed by atoms with van der Waals surface area (Å²) in [5.74, 6) is 0.707. The minimum Gasteiger partial charge on any atom is -0.307 e. The maximum Gasteiger partial charge on any atom is 0.256 e. The summed E-state index contributed by atoms with van der Waals surface area (Å²) in [5.41, 5.74) is 0.671. The van der Waals surface area contributed by atoms with Gasteiger partial charge in [0, 0.05) is 11.6 Å². The highest BCUT2D eigenvalue weighted by molar-refractivity contribution is 6.06. The van der Waals surface area contributed by atoms with Crippen LogP contribution < -0.4 is 5.32 Å². The van der Waals surface area contributed by atoms with Crippen LogP contribution >= 0.6 is 0 Å². The third-order valence-corrected chi connectivity index (χ3v) is 4.84. The first-order valence-corrected chi connectivity index (χ1v) is 8.65. The minimum absolute atomic E-state index is 0.0849. The number of aromatic nitrogens is 2. The summed E-state index contributed by atoms with van der Waals surface area (Å²) < 4.78 is 1.98. The van der Waals surface area contributed by atoms with Gasteiger partial charge in [-0.2, -0.15) is 5.10 Å². The van der Waals surface area contributed by atoms with E-state index in [0.29, 0.717) is 11.6 Å². The molecule has 0 saturated heterocycles. The van der Waals surface area contributed by atoms with Gasteiger partial charge in [-0.05, 0) is 35.7 Å². The van der Waals surface area contributed by atoms with Crippen LogP contribution in [-0.2, 0) is 0 Å². The summed E-state index contributed by atoms with van der Waals surface area (Å²) in [4.78, 5) is 12.6. The van der Waals surface area contributed by atoms with E-state index >= 15 is 0 Å². The standard InChI is InChI=1S/C20H21N3O/c24-20(17-11-10-15-6-4-5-7-16(15)14-17)22-19-12-13-21-23(19)18-8-2-1-3-9-18/h4-7,10-14,18H,1-3,8-9H2,(H,22,24). The molecule has 0 unspecified atom stereocenters. The quantitative estimate of drug-likeness (QED) is 0.754. The van der Waals surface area contributed by atoms with E-state index in [1.54, 1.807) is 6.20 Å². The molecule has 0 spiro atoms. The first-order valence-electron chi connectivity index (χ1n) is 8.65. The molecular weight excluding hydrogens is 298 g/mol. The van der Waals surface area contributed by atoms with E-state index in [9.17, 15) is 4.79 Å². The van der Waals surface area contributed by atoms with Crippen LogP contribution in [0.5, 0.6) is 0 Å². The number of hydrogen-bond acceptors (Lipinski definition) is 2. The topological polar surface area (TPSA) is 46.9 Å². The van der Waals surface area contributed by atoms with Crippen LogP contribution in [0.15, 0.2) is 54.7 Å². The Balaban J connectivity index is 1.56. The molecule has 0 aliphatic heterocycles. The number of hydrogen-bond donors (Lipinski definition) is 1. The fourth-order valence-electron chi connectivity index (χ4n) is 3.55. The molecule has 1 fully saturated rings. The maximum absolute atomic E-state index is 12.6. The van der Waals surface area contributed by atoms with Crippen molar-refractivity contribution in [2.45, 2.75) is 38.1 Å². The Morgan fingerprint density at radius 1 is 1.00 bits per heavy atom. The molecule has 1 aliphatic rings. The van der Waals surface area contributed by atoms with E-state index in [1.807, 2.05) is 47.1 Å². The van der Waals surface area contributed by atoms with E-state index in [1.165, 1.54) is 19.3 Å². The fourth-order valence-corrected chi connectivity index (χ4v) is 3.55. The zero-order valence-electron chi connectivity index (χ0n) is 13.6. The molecule has 0 atom stereocenters. The maximum atomic E-state index is 12.6. The second-order valence-electron chi connectivity index (χ2n) is 6.47. The third kappa shape index (κ3) is 2.92. The van der Waals surface area contributed by atoms with Crippen molar-refractivity contribution in [2.24, 2.45) is 0 Å². The zero-order valence-corrected chi connectivity index (χ0v) is 13.6. The van der Waals surface area contributed by atoms with Crippen molar-refractivity contribution >= 4 is 22.5 Å². The van der Waals surface area contributed by atoms with Crippen LogP contribution in [-0.4, -0.2) is 15.7 Å². The van der Waals surface area contributed by atoms with Gasteiger partial charge in [-0.3, -0.25) is 4.79 Å². The molecule has 1 amide bonds. The first-order chi connectivity index (χ1) is 11.8. The summed E-state index contributed by atoms with van der Waals surface area (Å²) in [6, 6.07) is 16.2. The normalized spacial score (nSPS) is 15.5. The Morgan fingerprint density at radius 2 is 1.79 bits per heavy atom. The van der Waals surface area contributed by atoms with Crippen molar-refractivity contribution in [3.8, 4) is 0 Å². The zero-order chi connectivity index (χ0) is 16.4. The number of amides is 1. The van der Waals surface area contributed by atoms with Crippen LogP contribution in [0.1, 0.15) is 48.5 Å². The van der Waals surface area contributed by atoms with E-state index in [2.05, 4.69) is 16.5 Å². The highest BCUT2D eigenvalue weighted by atomic mass is 16.1. The Kier molecular flexibility index (Phi) is 4.03. The third-order valence-electron chi connectivity index (χ3n) is 4.84. The molecule has 4 rings (SSSR count). The summed E-state index contributed by atoms with van der Waals surface area (Å²) in [5, 5.41) is 9.68.